The number of rotatable bonds is 6. The molecular weight excluding hydrogens is 320 g/mol. The van der Waals surface area contributed by atoms with Crippen molar-refractivity contribution in [3.05, 3.63) is 53.5 Å². The summed E-state index contributed by atoms with van der Waals surface area (Å²) < 4.78 is 16.4. The first-order chi connectivity index (χ1) is 12.2. The van der Waals surface area contributed by atoms with Gasteiger partial charge >= 0.3 is 0 Å². The van der Waals surface area contributed by atoms with Crippen molar-refractivity contribution in [2.75, 3.05) is 40.0 Å². The fourth-order valence-electron chi connectivity index (χ4n) is 2.97. The lowest BCUT2D eigenvalue weighted by atomic mass is 10.1. The van der Waals surface area contributed by atoms with Gasteiger partial charge < -0.3 is 19.2 Å². The van der Waals surface area contributed by atoms with Crippen LogP contribution in [0.2, 0.25) is 0 Å². The van der Waals surface area contributed by atoms with Crippen LogP contribution in [-0.2, 0) is 4.74 Å². The van der Waals surface area contributed by atoms with E-state index in [1.54, 1.807) is 31.4 Å². The molecule has 1 aromatic heterocycles. The summed E-state index contributed by atoms with van der Waals surface area (Å²) in [6, 6.07) is 11.0. The van der Waals surface area contributed by atoms with Crippen LogP contribution in [0.1, 0.15) is 27.9 Å². The standard InChI is InChI=1S/C19H24N2O4/c1-14-3-8-18(25-14)17(21-9-11-24-12-10-21)13-20-19(22)15-4-6-16(23-2)7-5-15/h3-8,17H,9-13H2,1-2H3,(H,20,22). The number of aryl methyl sites for hydroxylation is 1. The largest absolute Gasteiger partial charge is 0.497 e. The molecule has 134 valence electrons. The highest BCUT2D eigenvalue weighted by molar-refractivity contribution is 5.94. The van der Waals surface area contributed by atoms with Crippen LogP contribution in [0, 0.1) is 6.92 Å². The Bertz CT molecular complexity index is 690. The summed E-state index contributed by atoms with van der Waals surface area (Å²) in [6.45, 7) is 5.45. The second-order valence-corrected chi connectivity index (χ2v) is 6.05. The number of furan rings is 1. The number of amides is 1. The quantitative estimate of drug-likeness (QED) is 0.872. The van der Waals surface area contributed by atoms with Crippen molar-refractivity contribution < 1.29 is 18.7 Å². The molecule has 0 aliphatic carbocycles. The van der Waals surface area contributed by atoms with Crippen LogP contribution in [0.15, 0.2) is 40.8 Å². The van der Waals surface area contributed by atoms with E-state index < -0.39 is 0 Å². The van der Waals surface area contributed by atoms with Crippen LogP contribution >= 0.6 is 0 Å². The van der Waals surface area contributed by atoms with Gasteiger partial charge in [0.1, 0.15) is 17.3 Å². The molecule has 6 heteroatoms. The number of nitrogens with one attached hydrogen (secondary N) is 1. The average Bonchev–Trinajstić information content (AvgIpc) is 3.09. The van der Waals surface area contributed by atoms with Gasteiger partial charge in [-0.15, -0.1) is 0 Å². The van der Waals surface area contributed by atoms with E-state index in [0.717, 1.165) is 30.4 Å². The number of hydrogen-bond donors (Lipinski definition) is 1. The summed E-state index contributed by atoms with van der Waals surface area (Å²) >= 11 is 0. The Morgan fingerprint density at radius 3 is 2.52 bits per heavy atom. The average molecular weight is 344 g/mol. The Kier molecular flexibility index (Phi) is 5.73. The van der Waals surface area contributed by atoms with E-state index in [1.807, 2.05) is 19.1 Å². The predicted octanol–water partition coefficient (Wildman–Crippen LogP) is 2.40. The van der Waals surface area contributed by atoms with Crippen molar-refractivity contribution in [3.63, 3.8) is 0 Å². The first kappa shape index (κ1) is 17.5. The molecule has 25 heavy (non-hydrogen) atoms. The number of carbonyl (C=O) groups is 1. The number of benzene rings is 1. The third-order valence-electron chi connectivity index (χ3n) is 4.38. The number of carbonyl (C=O) groups excluding carboxylic acids is 1. The molecular formula is C19H24N2O4. The second-order valence-electron chi connectivity index (χ2n) is 6.05. The summed E-state index contributed by atoms with van der Waals surface area (Å²) in [6.07, 6.45) is 0. The third kappa shape index (κ3) is 4.41. The summed E-state index contributed by atoms with van der Waals surface area (Å²) in [5, 5.41) is 3.02. The number of ether oxygens (including phenoxy) is 2. The molecule has 2 aromatic rings. The van der Waals surface area contributed by atoms with E-state index in [0.29, 0.717) is 25.3 Å². The molecule has 0 saturated carbocycles. The number of morpholine rings is 1. The van der Waals surface area contributed by atoms with E-state index in [2.05, 4.69) is 10.2 Å². The molecule has 1 aliphatic rings. The zero-order valence-electron chi connectivity index (χ0n) is 14.7. The van der Waals surface area contributed by atoms with Gasteiger partial charge in [-0.2, -0.15) is 0 Å². The van der Waals surface area contributed by atoms with Gasteiger partial charge in [0.05, 0.1) is 26.4 Å². The molecule has 1 aliphatic heterocycles. The predicted molar refractivity (Wildman–Crippen MR) is 93.9 cm³/mol. The molecule has 1 aromatic carbocycles. The van der Waals surface area contributed by atoms with Crippen LogP contribution in [0.4, 0.5) is 0 Å². The molecule has 1 atom stereocenters. The van der Waals surface area contributed by atoms with E-state index in [9.17, 15) is 4.79 Å². The Morgan fingerprint density at radius 2 is 1.92 bits per heavy atom. The van der Waals surface area contributed by atoms with Crippen molar-refractivity contribution in [1.29, 1.82) is 0 Å². The SMILES string of the molecule is COc1ccc(C(=O)NCC(c2ccc(C)o2)N2CCOCC2)cc1. The summed E-state index contributed by atoms with van der Waals surface area (Å²) in [4.78, 5) is 14.7. The molecule has 1 N–H and O–H groups in total. The Hall–Kier alpha value is -2.31. The molecule has 1 unspecified atom stereocenters. The Morgan fingerprint density at radius 1 is 1.20 bits per heavy atom. The molecule has 1 saturated heterocycles. The highest BCUT2D eigenvalue weighted by atomic mass is 16.5. The summed E-state index contributed by atoms with van der Waals surface area (Å²) in [5.41, 5.74) is 0.608. The van der Waals surface area contributed by atoms with Gasteiger partial charge in [0.2, 0.25) is 0 Å². The van der Waals surface area contributed by atoms with Crippen molar-refractivity contribution in [2.24, 2.45) is 0 Å². The summed E-state index contributed by atoms with van der Waals surface area (Å²) in [7, 11) is 1.60. The second kappa shape index (κ2) is 8.18. The van der Waals surface area contributed by atoms with E-state index in [1.165, 1.54) is 0 Å². The van der Waals surface area contributed by atoms with Crippen molar-refractivity contribution in [3.8, 4) is 5.75 Å². The fraction of sp³-hybridized carbons (Fsp3) is 0.421. The number of methoxy groups -OCH3 is 1. The molecule has 1 fully saturated rings. The van der Waals surface area contributed by atoms with Crippen LogP contribution in [-0.4, -0.2) is 50.8 Å². The highest BCUT2D eigenvalue weighted by Gasteiger charge is 2.25. The maximum absolute atomic E-state index is 12.4. The van der Waals surface area contributed by atoms with E-state index >= 15 is 0 Å². The third-order valence-corrected chi connectivity index (χ3v) is 4.38. The zero-order chi connectivity index (χ0) is 17.6. The van der Waals surface area contributed by atoms with Crippen molar-refractivity contribution in [2.45, 2.75) is 13.0 Å². The number of nitrogens with zero attached hydrogens (tertiary/aromatic N) is 1. The van der Waals surface area contributed by atoms with Gasteiger partial charge in [0, 0.05) is 25.2 Å². The fourth-order valence-corrected chi connectivity index (χ4v) is 2.97. The van der Waals surface area contributed by atoms with Gasteiger partial charge in [-0.25, -0.2) is 0 Å². The lowest BCUT2D eigenvalue weighted by Gasteiger charge is -2.33. The minimum atomic E-state index is -0.107. The van der Waals surface area contributed by atoms with Crippen molar-refractivity contribution >= 4 is 5.91 Å². The zero-order valence-corrected chi connectivity index (χ0v) is 14.7. The minimum absolute atomic E-state index is 0.000187. The van der Waals surface area contributed by atoms with Crippen LogP contribution in [0.5, 0.6) is 5.75 Å². The molecule has 0 radical (unpaired) electrons. The van der Waals surface area contributed by atoms with Gasteiger partial charge in [-0.05, 0) is 43.3 Å². The molecule has 0 spiro atoms. The Labute approximate surface area is 147 Å². The van der Waals surface area contributed by atoms with Crippen molar-refractivity contribution in [1.82, 2.24) is 10.2 Å². The molecule has 2 heterocycles. The molecule has 3 rings (SSSR count). The smallest absolute Gasteiger partial charge is 0.251 e. The maximum Gasteiger partial charge on any atom is 0.251 e. The van der Waals surface area contributed by atoms with Crippen LogP contribution < -0.4 is 10.1 Å². The van der Waals surface area contributed by atoms with Gasteiger partial charge in [0.25, 0.3) is 5.91 Å². The Balaban J connectivity index is 1.67. The van der Waals surface area contributed by atoms with Gasteiger partial charge in [0.15, 0.2) is 0 Å². The van der Waals surface area contributed by atoms with Crippen LogP contribution in [0.3, 0.4) is 0 Å². The normalized spacial score (nSPS) is 16.4. The minimum Gasteiger partial charge on any atom is -0.497 e. The lowest BCUT2D eigenvalue weighted by Crippen LogP contribution is -2.43. The molecule has 1 amide bonds. The highest BCUT2D eigenvalue weighted by Crippen LogP contribution is 2.23. The van der Waals surface area contributed by atoms with E-state index in [-0.39, 0.29) is 11.9 Å². The van der Waals surface area contributed by atoms with Gasteiger partial charge in [-0.3, -0.25) is 9.69 Å². The monoisotopic (exact) mass is 344 g/mol. The number of hydrogen-bond acceptors (Lipinski definition) is 5. The van der Waals surface area contributed by atoms with Gasteiger partial charge in [-0.1, -0.05) is 0 Å². The first-order valence-corrected chi connectivity index (χ1v) is 8.48. The topological polar surface area (TPSA) is 63.9 Å². The molecule has 0 bridgehead atoms. The summed E-state index contributed by atoms with van der Waals surface area (Å²) in [5.74, 6) is 2.36. The lowest BCUT2D eigenvalue weighted by molar-refractivity contribution is 0.0117. The first-order valence-electron chi connectivity index (χ1n) is 8.48. The van der Waals surface area contributed by atoms with E-state index in [4.69, 9.17) is 13.9 Å². The van der Waals surface area contributed by atoms with Crippen LogP contribution in [0.25, 0.3) is 0 Å². The molecule has 6 nitrogen and oxygen atoms in total. The maximum atomic E-state index is 12.4.